The van der Waals surface area contributed by atoms with Crippen LogP contribution in [0.1, 0.15) is 12.0 Å². The Morgan fingerprint density at radius 1 is 1.00 bits per heavy atom. The number of aromatic nitrogens is 6. The lowest BCUT2D eigenvalue weighted by molar-refractivity contribution is -0.275. The summed E-state index contributed by atoms with van der Waals surface area (Å²) in [5.41, 5.74) is 1.85. The third kappa shape index (κ3) is 6.04. The minimum Gasteiger partial charge on any atom is -0.479 e. The van der Waals surface area contributed by atoms with Crippen molar-refractivity contribution < 1.29 is 36.2 Å². The van der Waals surface area contributed by atoms with Gasteiger partial charge in [-0.15, -0.1) is 13.2 Å². The molecule has 0 amide bonds. The van der Waals surface area contributed by atoms with Crippen molar-refractivity contribution in [2.75, 3.05) is 25.5 Å². The second-order valence-corrected chi connectivity index (χ2v) is 9.95. The molecule has 224 valence electrons. The largest absolute Gasteiger partial charge is 0.573 e. The number of aryl methyl sites for hydroxylation is 1. The molecule has 2 aromatic carbocycles. The molecule has 0 saturated carbocycles. The fraction of sp³-hybridized carbons (Fsp3) is 0.296. The second kappa shape index (κ2) is 10.8. The number of benzene rings is 2. The fourth-order valence-electron chi connectivity index (χ4n) is 4.75. The van der Waals surface area contributed by atoms with E-state index in [0.717, 1.165) is 6.07 Å². The van der Waals surface area contributed by atoms with Gasteiger partial charge >= 0.3 is 6.36 Å². The van der Waals surface area contributed by atoms with Crippen LogP contribution in [0.4, 0.5) is 33.5 Å². The molecule has 1 atom stereocenters. The van der Waals surface area contributed by atoms with Crippen molar-refractivity contribution in [2.45, 2.75) is 31.7 Å². The molecule has 1 saturated heterocycles. The molecule has 16 heteroatoms. The van der Waals surface area contributed by atoms with Crippen LogP contribution in [0.25, 0.3) is 16.6 Å². The lowest BCUT2D eigenvalue weighted by Gasteiger charge is -2.36. The van der Waals surface area contributed by atoms with Gasteiger partial charge in [0, 0.05) is 24.7 Å². The standard InChI is InChI=1S/C27H23F5N8O3/c1-15-9-16(3-5-18(15)41-22-10-21-34-13-37-40(21)14-36-22)38-25-23-17(33-12-35-25)4-6-19(43-27(30,31)32)24(23)42-20-7-8-39(2)11-26(20,28)29/h3-6,9-10,12-14,20H,7-8,11H2,1-2H3,(H,33,35,38)/t20-/m0/s1. The highest BCUT2D eigenvalue weighted by atomic mass is 19.4. The van der Waals surface area contributed by atoms with Crippen LogP contribution >= 0.6 is 0 Å². The van der Waals surface area contributed by atoms with Crippen LogP contribution in [0.15, 0.2) is 55.4 Å². The number of alkyl halides is 5. The average molecular weight is 603 g/mol. The van der Waals surface area contributed by atoms with Crippen LogP contribution in [0.2, 0.25) is 0 Å². The maximum absolute atomic E-state index is 14.9. The number of nitrogens with zero attached hydrogens (tertiary/aromatic N) is 7. The van der Waals surface area contributed by atoms with E-state index in [1.807, 2.05) is 0 Å². The zero-order valence-electron chi connectivity index (χ0n) is 22.6. The van der Waals surface area contributed by atoms with Gasteiger partial charge in [-0.2, -0.15) is 5.10 Å². The zero-order valence-corrected chi connectivity index (χ0v) is 22.6. The number of piperidine rings is 1. The maximum atomic E-state index is 14.9. The van der Waals surface area contributed by atoms with Gasteiger partial charge in [-0.1, -0.05) is 0 Å². The zero-order chi connectivity index (χ0) is 30.4. The van der Waals surface area contributed by atoms with Crippen LogP contribution in [-0.2, 0) is 0 Å². The van der Waals surface area contributed by atoms with Crippen LogP contribution in [0.3, 0.4) is 0 Å². The van der Waals surface area contributed by atoms with E-state index in [1.165, 1.54) is 41.5 Å². The summed E-state index contributed by atoms with van der Waals surface area (Å²) in [5.74, 6) is -3.88. The molecule has 1 aliphatic heterocycles. The molecule has 0 unspecified atom stereocenters. The van der Waals surface area contributed by atoms with Crippen LogP contribution < -0.4 is 19.5 Å². The highest BCUT2D eigenvalue weighted by Gasteiger charge is 2.46. The molecule has 0 radical (unpaired) electrons. The van der Waals surface area contributed by atoms with E-state index in [4.69, 9.17) is 9.47 Å². The van der Waals surface area contributed by atoms with Crippen molar-refractivity contribution in [3.05, 3.63) is 60.9 Å². The molecular formula is C27H23F5N8O3. The van der Waals surface area contributed by atoms with Gasteiger partial charge < -0.3 is 24.4 Å². The Morgan fingerprint density at radius 3 is 2.58 bits per heavy atom. The van der Waals surface area contributed by atoms with Gasteiger partial charge in [0.15, 0.2) is 23.3 Å². The van der Waals surface area contributed by atoms with Crippen molar-refractivity contribution in [3.8, 4) is 23.1 Å². The maximum Gasteiger partial charge on any atom is 0.573 e. The molecule has 43 heavy (non-hydrogen) atoms. The van der Waals surface area contributed by atoms with E-state index in [9.17, 15) is 22.0 Å². The monoisotopic (exact) mass is 602 g/mol. The van der Waals surface area contributed by atoms with E-state index in [1.54, 1.807) is 31.2 Å². The summed E-state index contributed by atoms with van der Waals surface area (Å²) in [6, 6.07) is 8.88. The Kier molecular flexibility index (Phi) is 7.07. The third-order valence-corrected chi connectivity index (χ3v) is 6.73. The summed E-state index contributed by atoms with van der Waals surface area (Å²) in [5, 5.41) is 6.97. The van der Waals surface area contributed by atoms with Gasteiger partial charge in [0.2, 0.25) is 5.88 Å². The number of hydrogen-bond donors (Lipinski definition) is 1. The quantitative estimate of drug-likeness (QED) is 0.239. The van der Waals surface area contributed by atoms with E-state index >= 15 is 0 Å². The van der Waals surface area contributed by atoms with Crippen molar-refractivity contribution >= 4 is 28.1 Å². The Bertz CT molecular complexity index is 1800. The molecule has 0 bridgehead atoms. The third-order valence-electron chi connectivity index (χ3n) is 6.73. The number of fused-ring (bicyclic) bond motifs is 2. The van der Waals surface area contributed by atoms with Gasteiger partial charge in [-0.05, 0) is 49.9 Å². The number of hydrogen-bond acceptors (Lipinski definition) is 10. The van der Waals surface area contributed by atoms with Gasteiger partial charge in [-0.25, -0.2) is 33.2 Å². The smallest absolute Gasteiger partial charge is 0.479 e. The normalized spacial score (nSPS) is 17.2. The topological polar surface area (TPSA) is 112 Å². The van der Waals surface area contributed by atoms with E-state index in [2.05, 4.69) is 35.1 Å². The van der Waals surface area contributed by atoms with Crippen molar-refractivity contribution in [2.24, 2.45) is 0 Å². The molecule has 4 heterocycles. The molecule has 6 rings (SSSR count). The van der Waals surface area contributed by atoms with Gasteiger partial charge in [0.25, 0.3) is 5.92 Å². The first-order valence-corrected chi connectivity index (χ1v) is 12.9. The highest BCUT2D eigenvalue weighted by molar-refractivity contribution is 5.97. The lowest BCUT2D eigenvalue weighted by Crippen LogP contribution is -2.52. The molecule has 11 nitrogen and oxygen atoms in total. The lowest BCUT2D eigenvalue weighted by atomic mass is 10.0. The average Bonchev–Trinajstić information content (AvgIpc) is 3.40. The van der Waals surface area contributed by atoms with Crippen LogP contribution in [0, 0.1) is 6.92 Å². The highest BCUT2D eigenvalue weighted by Crippen LogP contribution is 2.44. The Balaban J connectivity index is 1.34. The van der Waals surface area contributed by atoms with Gasteiger partial charge in [0.05, 0.1) is 17.4 Å². The predicted octanol–water partition coefficient (Wildman–Crippen LogP) is 5.53. The molecule has 5 aromatic rings. The van der Waals surface area contributed by atoms with E-state index < -0.39 is 36.4 Å². The Hall–Kier alpha value is -4.86. The molecular weight excluding hydrogens is 579 g/mol. The summed E-state index contributed by atoms with van der Waals surface area (Å²) < 4.78 is 87.1. The van der Waals surface area contributed by atoms with E-state index in [-0.39, 0.29) is 35.6 Å². The summed E-state index contributed by atoms with van der Waals surface area (Å²) in [7, 11) is 1.53. The Labute approximate surface area is 240 Å². The first-order valence-electron chi connectivity index (χ1n) is 12.9. The number of anilines is 2. The number of rotatable bonds is 7. The van der Waals surface area contributed by atoms with Crippen LogP contribution in [0.5, 0.6) is 23.1 Å². The summed E-state index contributed by atoms with van der Waals surface area (Å²) >= 11 is 0. The fourth-order valence-corrected chi connectivity index (χ4v) is 4.75. The van der Waals surface area contributed by atoms with Gasteiger partial charge in [-0.3, -0.25) is 0 Å². The van der Waals surface area contributed by atoms with Crippen molar-refractivity contribution in [1.82, 2.24) is 34.4 Å². The molecule has 0 spiro atoms. The number of likely N-dealkylation sites (tertiary alicyclic amines) is 1. The summed E-state index contributed by atoms with van der Waals surface area (Å²) in [4.78, 5) is 18.0. The predicted molar refractivity (Wildman–Crippen MR) is 143 cm³/mol. The molecule has 1 N–H and O–H groups in total. The second-order valence-electron chi connectivity index (χ2n) is 9.95. The SMILES string of the molecule is Cc1cc(Nc2ncnc3ccc(OC(F)(F)F)c(O[C@H]4CCN(C)CC4(F)F)c23)ccc1Oc1cc2ncnn2cn1. The van der Waals surface area contributed by atoms with Crippen molar-refractivity contribution in [3.63, 3.8) is 0 Å². The minimum atomic E-state index is -5.11. The summed E-state index contributed by atoms with van der Waals surface area (Å²) in [6.45, 7) is 1.42. The molecule has 1 aliphatic rings. The molecule has 1 fully saturated rings. The Morgan fingerprint density at radius 2 is 1.81 bits per heavy atom. The number of halogens is 5. The first-order chi connectivity index (χ1) is 20.4. The first kappa shape index (κ1) is 28.3. The molecule has 3 aromatic heterocycles. The molecule has 0 aliphatic carbocycles. The number of nitrogens with one attached hydrogen (secondary N) is 1. The minimum absolute atomic E-state index is 0.0239. The van der Waals surface area contributed by atoms with Gasteiger partial charge in [0.1, 0.15) is 30.5 Å². The summed E-state index contributed by atoms with van der Waals surface area (Å²) in [6.07, 6.45) is -2.90. The van der Waals surface area contributed by atoms with E-state index in [0.29, 0.717) is 22.6 Å². The van der Waals surface area contributed by atoms with Crippen molar-refractivity contribution in [1.29, 1.82) is 0 Å². The number of ether oxygens (including phenoxy) is 3. The van der Waals surface area contributed by atoms with Crippen LogP contribution in [-0.4, -0.2) is 73.0 Å².